The summed E-state index contributed by atoms with van der Waals surface area (Å²) in [4.78, 5) is 49.9. The zero-order valence-electron chi connectivity index (χ0n) is 26.2. The van der Waals surface area contributed by atoms with E-state index in [1.165, 1.54) is 17.0 Å². The topological polar surface area (TPSA) is 189 Å². The first-order valence-corrected chi connectivity index (χ1v) is 17.0. The Kier molecular flexibility index (Phi) is 9.73. The molecule has 0 radical (unpaired) electrons. The number of carboxylic acid groups (broad SMARTS) is 1. The summed E-state index contributed by atoms with van der Waals surface area (Å²) < 4.78 is 33.9. The number of nitrogens with one attached hydrogen (secondary N) is 3. The van der Waals surface area contributed by atoms with E-state index in [-0.39, 0.29) is 30.2 Å². The number of oxime groups is 1. The lowest BCUT2D eigenvalue weighted by molar-refractivity contribution is -0.138. The van der Waals surface area contributed by atoms with Gasteiger partial charge in [0.2, 0.25) is 10.0 Å². The Morgan fingerprint density at radius 2 is 1.76 bits per heavy atom. The molecule has 1 fully saturated rings. The maximum atomic E-state index is 13.3. The van der Waals surface area contributed by atoms with Crippen LogP contribution in [0.1, 0.15) is 18.4 Å². The van der Waals surface area contributed by atoms with Gasteiger partial charge in [-0.15, -0.1) is 0 Å². The van der Waals surface area contributed by atoms with Gasteiger partial charge in [-0.05, 0) is 40.6 Å². The van der Waals surface area contributed by atoms with Crippen LogP contribution >= 0.6 is 0 Å². The zero-order valence-corrected chi connectivity index (χ0v) is 27.0. The van der Waals surface area contributed by atoms with Gasteiger partial charge in [0, 0.05) is 32.1 Å². The van der Waals surface area contributed by atoms with Crippen LogP contribution in [-0.4, -0.2) is 84.4 Å². The number of pyridine rings is 1. The molecule has 4 aromatic rings. The number of hydrogen-bond donors (Lipinski definition) is 4. The van der Waals surface area contributed by atoms with E-state index < -0.39 is 52.2 Å². The van der Waals surface area contributed by atoms with Gasteiger partial charge in [-0.25, -0.2) is 18.2 Å². The minimum Gasteiger partial charge on any atom is -0.480 e. The molecule has 1 aromatic heterocycles. The number of fused-ring (bicyclic) bond motifs is 1. The summed E-state index contributed by atoms with van der Waals surface area (Å²) in [5, 5.41) is 20.9. The van der Waals surface area contributed by atoms with Crippen molar-refractivity contribution in [2.75, 3.05) is 25.0 Å². The van der Waals surface area contributed by atoms with E-state index in [4.69, 9.17) is 9.57 Å². The molecular formula is C34H34N6O8S. The highest BCUT2D eigenvalue weighted by Gasteiger charge is 2.52. The number of anilines is 1. The third kappa shape index (κ3) is 7.96. The van der Waals surface area contributed by atoms with Crippen molar-refractivity contribution in [1.29, 1.82) is 0 Å². The van der Waals surface area contributed by atoms with Gasteiger partial charge < -0.3 is 25.3 Å². The molecule has 2 unspecified atom stereocenters. The smallest absolute Gasteiger partial charge is 0.410 e. The number of benzene rings is 3. The second-order valence-electron chi connectivity index (χ2n) is 11.8. The number of carbonyl (C=O) groups excluding carboxylic acids is 2. The average Bonchev–Trinajstić information content (AvgIpc) is 3.71. The van der Waals surface area contributed by atoms with Gasteiger partial charge in [0.25, 0.3) is 5.91 Å². The Morgan fingerprint density at radius 1 is 1.00 bits per heavy atom. The second kappa shape index (κ2) is 14.3. The molecule has 0 bridgehead atoms. The number of rotatable bonds is 12. The first kappa shape index (κ1) is 33.4. The first-order valence-electron chi connectivity index (χ1n) is 15.5. The lowest BCUT2D eigenvalue weighted by atomic mass is 9.94. The van der Waals surface area contributed by atoms with E-state index in [2.05, 4.69) is 25.5 Å². The molecular weight excluding hydrogens is 652 g/mol. The molecule has 3 aromatic carbocycles. The number of hydrogen-bond acceptors (Lipinski definition) is 10. The molecule has 1 spiro atoms. The van der Waals surface area contributed by atoms with Crippen LogP contribution in [0.15, 0.2) is 107 Å². The van der Waals surface area contributed by atoms with Gasteiger partial charge in [-0.3, -0.25) is 14.5 Å². The number of carbonyl (C=O) groups is 3. The summed E-state index contributed by atoms with van der Waals surface area (Å²) in [5.41, 5.74) is -0.220. The van der Waals surface area contributed by atoms with Crippen molar-refractivity contribution in [3.63, 3.8) is 0 Å². The van der Waals surface area contributed by atoms with Crippen LogP contribution in [-0.2, 0) is 35.8 Å². The van der Waals surface area contributed by atoms with E-state index >= 15 is 0 Å². The van der Waals surface area contributed by atoms with Crippen LogP contribution in [0, 0.1) is 0 Å². The minimum atomic E-state index is -4.25. The molecule has 3 heterocycles. The Labute approximate surface area is 282 Å². The Balaban J connectivity index is 1.08. The van der Waals surface area contributed by atoms with Crippen molar-refractivity contribution in [3.8, 4) is 0 Å². The number of amides is 2. The van der Waals surface area contributed by atoms with E-state index in [0.29, 0.717) is 24.2 Å². The fourth-order valence-electron chi connectivity index (χ4n) is 5.84. The largest absolute Gasteiger partial charge is 0.480 e. The summed E-state index contributed by atoms with van der Waals surface area (Å²) in [7, 11) is -4.25. The van der Waals surface area contributed by atoms with Crippen LogP contribution in [0.25, 0.3) is 10.8 Å². The predicted octanol–water partition coefficient (Wildman–Crippen LogP) is 3.12. The van der Waals surface area contributed by atoms with Crippen molar-refractivity contribution >= 4 is 50.3 Å². The normalized spacial score (nSPS) is 19.2. The molecule has 4 N–H and O–H groups in total. The fraction of sp³-hybridized carbons (Fsp3) is 0.265. The molecule has 2 aliphatic heterocycles. The molecule has 0 aliphatic carbocycles. The number of ether oxygens (including phenoxy) is 1. The number of sulfonamides is 1. The third-order valence-corrected chi connectivity index (χ3v) is 9.79. The highest BCUT2D eigenvalue weighted by Crippen LogP contribution is 2.38. The van der Waals surface area contributed by atoms with Crippen LogP contribution in [0.2, 0.25) is 0 Å². The molecule has 1 saturated heterocycles. The van der Waals surface area contributed by atoms with Crippen molar-refractivity contribution in [2.45, 2.75) is 42.0 Å². The maximum absolute atomic E-state index is 13.3. The molecule has 2 aliphatic rings. The van der Waals surface area contributed by atoms with Crippen LogP contribution < -0.4 is 15.4 Å². The number of nitrogens with zero attached hydrogens (tertiary/aromatic N) is 3. The predicted molar refractivity (Wildman–Crippen MR) is 179 cm³/mol. The Hall–Kier alpha value is -5.54. The summed E-state index contributed by atoms with van der Waals surface area (Å²) >= 11 is 0. The quantitative estimate of drug-likeness (QED) is 0.172. The number of aliphatic carboxylic acids is 1. The highest BCUT2D eigenvalue weighted by atomic mass is 32.2. The Bertz CT molecular complexity index is 1980. The van der Waals surface area contributed by atoms with Gasteiger partial charge >= 0.3 is 12.1 Å². The van der Waals surface area contributed by atoms with E-state index in [1.54, 1.807) is 36.5 Å². The highest BCUT2D eigenvalue weighted by molar-refractivity contribution is 7.89. The van der Waals surface area contributed by atoms with Crippen LogP contribution in [0.3, 0.4) is 0 Å². The summed E-state index contributed by atoms with van der Waals surface area (Å²) in [5.74, 6) is -1.58. The van der Waals surface area contributed by atoms with Crippen molar-refractivity contribution in [1.82, 2.24) is 19.9 Å². The van der Waals surface area contributed by atoms with E-state index in [0.717, 1.165) is 10.9 Å². The SMILES string of the molecule is O=C(NCC(NS(=O)(=O)c1ccc2ccccc2c1)C(=O)O)C1=NO[C@]2(C1)CC(CNc1ccccn1)N(C(=O)OCc1ccccc1)C2. The van der Waals surface area contributed by atoms with Gasteiger partial charge in [0.05, 0.1) is 17.5 Å². The molecule has 15 heteroatoms. The number of aromatic nitrogens is 1. The molecule has 2 amide bonds. The fourth-order valence-corrected chi connectivity index (χ4v) is 7.06. The first-order chi connectivity index (χ1) is 23.6. The second-order valence-corrected chi connectivity index (χ2v) is 13.6. The average molecular weight is 687 g/mol. The van der Waals surface area contributed by atoms with E-state index in [9.17, 15) is 27.9 Å². The summed E-state index contributed by atoms with van der Waals surface area (Å²) in [6, 6.07) is 24.2. The summed E-state index contributed by atoms with van der Waals surface area (Å²) in [6.07, 6.45) is 1.43. The van der Waals surface area contributed by atoms with Gasteiger partial charge in [0.15, 0.2) is 5.60 Å². The van der Waals surface area contributed by atoms with Crippen LogP contribution in [0.5, 0.6) is 0 Å². The molecule has 0 saturated carbocycles. The van der Waals surface area contributed by atoms with Gasteiger partial charge in [0.1, 0.15) is 24.2 Å². The molecule has 254 valence electrons. The van der Waals surface area contributed by atoms with Gasteiger partial charge in [-0.1, -0.05) is 71.9 Å². The minimum absolute atomic E-state index is 0.0162. The van der Waals surface area contributed by atoms with Crippen molar-refractivity contribution in [3.05, 3.63) is 103 Å². The van der Waals surface area contributed by atoms with E-state index in [1.807, 2.05) is 48.5 Å². The van der Waals surface area contributed by atoms with Crippen LogP contribution in [0.4, 0.5) is 10.6 Å². The number of likely N-dealkylation sites (tertiary alicyclic amines) is 1. The molecule has 49 heavy (non-hydrogen) atoms. The molecule has 6 rings (SSSR count). The molecule has 3 atom stereocenters. The third-order valence-electron chi connectivity index (χ3n) is 8.32. The zero-order chi connectivity index (χ0) is 34.4. The Morgan fingerprint density at radius 3 is 2.51 bits per heavy atom. The van der Waals surface area contributed by atoms with Crippen molar-refractivity contribution < 1.29 is 37.5 Å². The maximum Gasteiger partial charge on any atom is 0.410 e. The molecule has 14 nitrogen and oxygen atoms in total. The summed E-state index contributed by atoms with van der Waals surface area (Å²) in [6.45, 7) is -0.0774. The lowest BCUT2D eigenvalue weighted by Gasteiger charge is -2.24. The monoisotopic (exact) mass is 686 g/mol. The number of carboxylic acids is 1. The van der Waals surface area contributed by atoms with Gasteiger partial charge in [-0.2, -0.15) is 4.72 Å². The standard InChI is InChI=1S/C34H34N6O8S/c41-31(37-20-29(32(42)43)39-49(45,46)27-14-13-24-10-4-5-11-25(24)16-27)28-18-34(48-38-28)17-26(19-36-30-12-6-7-15-35-30)40(22-34)33(44)47-21-23-8-2-1-3-9-23/h1-16,26,29,39H,17-22H2,(H,35,36)(H,37,41)(H,42,43)/t26?,29?,34-/m0/s1. The lowest BCUT2D eigenvalue weighted by Crippen LogP contribution is -2.49. The van der Waals surface area contributed by atoms with Crippen molar-refractivity contribution in [2.24, 2.45) is 5.16 Å².